The number of imidazole rings is 1. The van der Waals surface area contributed by atoms with E-state index in [1.54, 1.807) is 22.6 Å². The fourth-order valence-corrected chi connectivity index (χ4v) is 7.66. The monoisotopic (exact) mass is 598 g/mol. The van der Waals surface area contributed by atoms with Crippen molar-refractivity contribution in [2.45, 2.75) is 6.92 Å². The normalized spacial score (nSPS) is 12.4. The molecule has 0 fully saturated rings. The van der Waals surface area contributed by atoms with Gasteiger partial charge in [0.2, 0.25) is 0 Å². The summed E-state index contributed by atoms with van der Waals surface area (Å²) in [7, 11) is 0. The first kappa shape index (κ1) is 24.2. The molecule has 8 rings (SSSR count). The smallest absolute Gasteiger partial charge is 0.264 e. The number of rotatable bonds is 2. The number of para-hydroxylation sites is 2. The number of nitrogens with zero attached hydrogens (tertiary/aromatic N) is 2. The van der Waals surface area contributed by atoms with Crippen molar-refractivity contribution in [2.24, 2.45) is 0 Å². The number of pyridine rings is 1. The van der Waals surface area contributed by atoms with E-state index < -0.39 is 0 Å². The minimum Gasteiger partial charge on any atom is -0.298 e. The highest BCUT2D eigenvalue weighted by atomic mass is 35.5. The predicted octanol–water partition coefficient (Wildman–Crippen LogP) is 9.95. The molecule has 192 valence electrons. The van der Waals surface area contributed by atoms with E-state index in [9.17, 15) is 9.59 Å². The fraction of sp³-hybridized carbons (Fsp3) is 0.0312. The highest BCUT2D eigenvalue weighted by Gasteiger charge is 2.28. The van der Waals surface area contributed by atoms with Crippen molar-refractivity contribution < 1.29 is 4.79 Å². The lowest BCUT2D eigenvalue weighted by molar-refractivity contribution is 0.112. The minimum atomic E-state index is -0.236. The van der Waals surface area contributed by atoms with Crippen LogP contribution in [-0.4, -0.2) is 15.7 Å². The van der Waals surface area contributed by atoms with Gasteiger partial charge in [-0.05, 0) is 48.9 Å². The molecule has 6 aromatic carbocycles. The van der Waals surface area contributed by atoms with Crippen LogP contribution < -0.4 is 5.56 Å². The number of halogens is 4. The molecule has 40 heavy (non-hydrogen) atoms. The third-order valence-electron chi connectivity index (χ3n) is 7.97. The maximum absolute atomic E-state index is 14.0. The number of aldehydes is 1. The summed E-state index contributed by atoms with van der Waals surface area (Å²) in [4.78, 5) is 31.1. The Labute approximate surface area is 245 Å². The Morgan fingerprint density at radius 3 is 2.00 bits per heavy atom. The SMILES string of the molecule is C=C(C)c1cc(Cl)c2c3c(Cl)cc4c5c(cc(Cl)c(c6c(Cl)cc(C=O)c1c62)c35)c(=O)n1c2ccccc2nc41. The molecule has 0 saturated heterocycles. The van der Waals surface area contributed by atoms with Gasteiger partial charge >= 0.3 is 0 Å². The van der Waals surface area contributed by atoms with Crippen molar-refractivity contribution in [1.29, 1.82) is 0 Å². The van der Waals surface area contributed by atoms with Crippen LogP contribution in [-0.2, 0) is 0 Å². The molecule has 0 aliphatic carbocycles. The molecule has 0 amide bonds. The molecule has 0 saturated carbocycles. The van der Waals surface area contributed by atoms with E-state index in [1.165, 1.54) is 0 Å². The average Bonchev–Trinajstić information content (AvgIpc) is 3.32. The van der Waals surface area contributed by atoms with Gasteiger partial charge in [0, 0.05) is 74.1 Å². The van der Waals surface area contributed by atoms with Gasteiger partial charge in [0.1, 0.15) is 5.65 Å². The van der Waals surface area contributed by atoms with Crippen LogP contribution >= 0.6 is 46.4 Å². The van der Waals surface area contributed by atoms with Gasteiger partial charge in [-0.1, -0.05) is 70.7 Å². The van der Waals surface area contributed by atoms with Crippen molar-refractivity contribution in [3.63, 3.8) is 0 Å². The first-order valence-corrected chi connectivity index (χ1v) is 13.9. The summed E-state index contributed by atoms with van der Waals surface area (Å²) >= 11 is 28.1. The van der Waals surface area contributed by atoms with Crippen LogP contribution in [0.25, 0.3) is 76.1 Å². The molecule has 8 heteroatoms. The quantitative estimate of drug-likeness (QED) is 0.113. The van der Waals surface area contributed by atoms with Crippen molar-refractivity contribution in [1.82, 2.24) is 9.38 Å². The van der Waals surface area contributed by atoms with E-state index in [0.29, 0.717) is 96.2 Å². The standard InChI is InChI=1S/C32H14Cl4N2O2/c1-12(2)14-8-18(34)26-27-19(35)9-15-24-16(32(40)38-22-6-4-3-5-21(22)37-31(15)38)10-20(36)28(30(24)27)25-17(33)7-13(11-39)23(14)29(25)26/h3-11H,1H2,2H3. The van der Waals surface area contributed by atoms with E-state index in [1.807, 2.05) is 37.3 Å². The third-order valence-corrected chi connectivity index (χ3v) is 9.16. The summed E-state index contributed by atoms with van der Waals surface area (Å²) in [6.45, 7) is 5.98. The molecule has 0 N–H and O–H groups in total. The number of allylic oxidation sites excluding steroid dienone is 1. The Balaban J connectivity index is 1.80. The number of fused-ring (bicyclic) bond motifs is 6. The second-order valence-corrected chi connectivity index (χ2v) is 11.8. The summed E-state index contributed by atoms with van der Waals surface area (Å²) in [5.74, 6) is 0. The minimum absolute atomic E-state index is 0.236. The average molecular weight is 600 g/mol. The molecule has 4 nitrogen and oxygen atoms in total. The van der Waals surface area contributed by atoms with Crippen LogP contribution in [0.1, 0.15) is 22.8 Å². The number of carbonyl (C=O) groups excluding carboxylic acids is 1. The molecule has 8 aromatic rings. The molecule has 0 aliphatic heterocycles. The molecular weight excluding hydrogens is 586 g/mol. The zero-order valence-corrected chi connectivity index (χ0v) is 23.6. The van der Waals surface area contributed by atoms with E-state index >= 15 is 0 Å². The Morgan fingerprint density at radius 1 is 0.775 bits per heavy atom. The largest absolute Gasteiger partial charge is 0.298 e. The van der Waals surface area contributed by atoms with Crippen LogP contribution in [0.5, 0.6) is 0 Å². The van der Waals surface area contributed by atoms with Crippen LogP contribution in [0.3, 0.4) is 0 Å². The van der Waals surface area contributed by atoms with Gasteiger partial charge in [-0.15, -0.1) is 0 Å². The molecule has 2 heterocycles. The Bertz CT molecular complexity index is 2530. The summed E-state index contributed by atoms with van der Waals surface area (Å²) < 4.78 is 1.61. The maximum atomic E-state index is 14.0. The van der Waals surface area contributed by atoms with Crippen molar-refractivity contribution in [3.8, 4) is 0 Å². The lowest BCUT2D eigenvalue weighted by Gasteiger charge is -2.22. The number of aromatic nitrogens is 2. The predicted molar refractivity (Wildman–Crippen MR) is 169 cm³/mol. The van der Waals surface area contributed by atoms with Crippen molar-refractivity contribution in [2.75, 3.05) is 0 Å². The van der Waals surface area contributed by atoms with E-state index in [0.717, 1.165) is 17.4 Å². The number of benzene rings is 6. The van der Waals surface area contributed by atoms with E-state index in [4.69, 9.17) is 51.4 Å². The summed E-state index contributed by atoms with van der Waals surface area (Å²) in [5, 5.41) is 7.88. The van der Waals surface area contributed by atoms with Crippen molar-refractivity contribution in [3.05, 3.63) is 96.7 Å². The van der Waals surface area contributed by atoms with Gasteiger partial charge in [-0.25, -0.2) is 4.98 Å². The number of hydrogen-bond donors (Lipinski definition) is 0. The summed E-state index contributed by atoms with van der Waals surface area (Å²) in [6.07, 6.45) is 0.775. The van der Waals surface area contributed by atoms with Gasteiger partial charge < -0.3 is 0 Å². The third kappa shape index (κ3) is 2.77. The summed E-state index contributed by atoms with van der Waals surface area (Å²) in [6, 6.07) is 14.4. The van der Waals surface area contributed by atoms with Gasteiger partial charge in [0.25, 0.3) is 5.56 Å². The maximum Gasteiger partial charge on any atom is 0.264 e. The Morgan fingerprint density at radius 2 is 1.35 bits per heavy atom. The fourth-order valence-electron chi connectivity index (χ4n) is 6.46. The Kier molecular flexibility index (Phi) is 4.81. The second kappa shape index (κ2) is 7.96. The molecular formula is C32H14Cl4N2O2. The zero-order valence-electron chi connectivity index (χ0n) is 20.6. The number of carbonyl (C=O) groups is 1. The molecule has 0 bridgehead atoms. The molecule has 0 atom stereocenters. The van der Waals surface area contributed by atoms with Crippen LogP contribution in [0.2, 0.25) is 20.1 Å². The molecule has 0 spiro atoms. The molecule has 0 radical (unpaired) electrons. The van der Waals surface area contributed by atoms with Gasteiger partial charge in [-0.2, -0.15) is 0 Å². The lowest BCUT2D eigenvalue weighted by Crippen LogP contribution is -2.13. The second-order valence-electron chi connectivity index (χ2n) is 10.1. The highest BCUT2D eigenvalue weighted by Crippen LogP contribution is 2.53. The summed E-state index contributed by atoms with van der Waals surface area (Å²) in [5.41, 5.74) is 3.54. The molecule has 0 unspecified atom stereocenters. The van der Waals surface area contributed by atoms with Gasteiger partial charge in [0.05, 0.1) is 16.4 Å². The first-order chi connectivity index (χ1) is 19.2. The van der Waals surface area contributed by atoms with Crippen LogP contribution in [0.15, 0.2) is 59.9 Å². The molecule has 0 aliphatic rings. The highest BCUT2D eigenvalue weighted by molar-refractivity contribution is 6.55. The van der Waals surface area contributed by atoms with E-state index in [-0.39, 0.29) is 5.56 Å². The Hall–Kier alpha value is -3.67. The zero-order chi connectivity index (χ0) is 27.8. The first-order valence-electron chi connectivity index (χ1n) is 12.3. The van der Waals surface area contributed by atoms with Gasteiger partial charge in [-0.3, -0.25) is 14.0 Å². The van der Waals surface area contributed by atoms with Crippen LogP contribution in [0, 0.1) is 0 Å². The van der Waals surface area contributed by atoms with Crippen molar-refractivity contribution >= 4 is 129 Å². The van der Waals surface area contributed by atoms with E-state index in [2.05, 4.69) is 6.58 Å². The van der Waals surface area contributed by atoms with Gasteiger partial charge in [0.15, 0.2) is 6.29 Å². The topological polar surface area (TPSA) is 51.4 Å². The lowest BCUT2D eigenvalue weighted by atomic mass is 9.84. The number of hydrogen-bond acceptors (Lipinski definition) is 3. The van der Waals surface area contributed by atoms with Crippen LogP contribution in [0.4, 0.5) is 0 Å². The molecule has 2 aromatic heterocycles.